The fourth-order valence-electron chi connectivity index (χ4n) is 2.42. The Morgan fingerprint density at radius 2 is 2.29 bits per heavy atom. The van der Waals surface area contributed by atoms with Gasteiger partial charge in [0.25, 0.3) is 0 Å². The Bertz CT molecular complexity index is 658. The van der Waals surface area contributed by atoms with E-state index in [4.69, 9.17) is 9.72 Å². The molecular formula is C15H18BrN3OS. The fourth-order valence-corrected chi connectivity index (χ4v) is 4.26. The minimum atomic E-state index is -0.0217. The zero-order valence-electron chi connectivity index (χ0n) is 12.4. The molecule has 0 bridgehead atoms. The topological polar surface area (TPSA) is 38.3 Å². The maximum absolute atomic E-state index is 5.33. The summed E-state index contributed by atoms with van der Waals surface area (Å²) < 4.78 is 6.30. The lowest BCUT2D eigenvalue weighted by molar-refractivity contribution is 0.115. The van der Waals surface area contributed by atoms with Crippen molar-refractivity contribution >= 4 is 27.3 Å². The highest BCUT2D eigenvalue weighted by atomic mass is 79.9. The van der Waals surface area contributed by atoms with Crippen molar-refractivity contribution in [3.05, 3.63) is 33.0 Å². The standard InChI is InChI=1S/C15H18BrN3OS/c1-9(20-3)14-11(16)6-10(7-17-14)15-18-12-4-5-19(2)8-13(12)21-15/h6-7,9H,4-5,8H2,1-3H3/t9-/m0/s1. The first-order chi connectivity index (χ1) is 10.1. The molecule has 2 aromatic rings. The van der Waals surface area contributed by atoms with Crippen LogP contribution >= 0.6 is 27.3 Å². The van der Waals surface area contributed by atoms with Crippen LogP contribution in [0.4, 0.5) is 0 Å². The second kappa shape index (κ2) is 6.12. The normalized spacial score (nSPS) is 16.8. The number of hydrogen-bond donors (Lipinski definition) is 0. The number of nitrogens with zero attached hydrogens (tertiary/aromatic N) is 3. The molecule has 21 heavy (non-hydrogen) atoms. The predicted octanol–water partition coefficient (Wildman–Crippen LogP) is 3.66. The van der Waals surface area contributed by atoms with E-state index in [1.807, 2.05) is 13.1 Å². The number of thiazole rings is 1. The molecule has 0 aliphatic carbocycles. The number of pyridine rings is 1. The van der Waals surface area contributed by atoms with E-state index < -0.39 is 0 Å². The Morgan fingerprint density at radius 3 is 3.00 bits per heavy atom. The average molecular weight is 368 g/mol. The molecule has 0 radical (unpaired) electrons. The van der Waals surface area contributed by atoms with E-state index in [1.165, 1.54) is 10.6 Å². The van der Waals surface area contributed by atoms with Crippen molar-refractivity contribution in [2.45, 2.75) is 26.0 Å². The van der Waals surface area contributed by atoms with Crippen molar-refractivity contribution in [3.63, 3.8) is 0 Å². The van der Waals surface area contributed by atoms with Crippen LogP contribution in [0.3, 0.4) is 0 Å². The first-order valence-electron chi connectivity index (χ1n) is 6.94. The van der Waals surface area contributed by atoms with Crippen molar-refractivity contribution in [2.75, 3.05) is 20.7 Å². The van der Waals surface area contributed by atoms with E-state index in [2.05, 4.69) is 38.9 Å². The van der Waals surface area contributed by atoms with Crippen molar-refractivity contribution < 1.29 is 4.74 Å². The summed E-state index contributed by atoms with van der Waals surface area (Å²) in [6.07, 6.45) is 2.91. The van der Waals surface area contributed by atoms with Gasteiger partial charge in [-0.25, -0.2) is 4.98 Å². The third kappa shape index (κ3) is 3.04. The molecule has 0 saturated carbocycles. The number of rotatable bonds is 3. The molecule has 1 aliphatic heterocycles. The molecule has 0 spiro atoms. The van der Waals surface area contributed by atoms with Crippen LogP contribution < -0.4 is 0 Å². The maximum atomic E-state index is 5.33. The van der Waals surface area contributed by atoms with Gasteiger partial charge in [-0.1, -0.05) is 0 Å². The van der Waals surface area contributed by atoms with Gasteiger partial charge in [-0.15, -0.1) is 11.3 Å². The fraction of sp³-hybridized carbons (Fsp3) is 0.467. The highest BCUT2D eigenvalue weighted by Crippen LogP contribution is 2.33. The summed E-state index contributed by atoms with van der Waals surface area (Å²) >= 11 is 5.37. The monoisotopic (exact) mass is 367 g/mol. The second-order valence-corrected chi connectivity index (χ2v) is 7.28. The third-order valence-corrected chi connectivity index (χ3v) is 5.54. The van der Waals surface area contributed by atoms with E-state index in [0.29, 0.717) is 0 Å². The van der Waals surface area contributed by atoms with Crippen LogP contribution in [0.5, 0.6) is 0 Å². The lowest BCUT2D eigenvalue weighted by atomic mass is 10.2. The second-order valence-electron chi connectivity index (χ2n) is 5.35. The van der Waals surface area contributed by atoms with Gasteiger partial charge in [0.15, 0.2) is 0 Å². The molecule has 1 aliphatic rings. The average Bonchev–Trinajstić information content (AvgIpc) is 2.89. The largest absolute Gasteiger partial charge is 0.375 e. The molecule has 4 nitrogen and oxygen atoms in total. The van der Waals surface area contributed by atoms with Gasteiger partial charge >= 0.3 is 0 Å². The van der Waals surface area contributed by atoms with Gasteiger partial charge in [-0.3, -0.25) is 4.98 Å². The van der Waals surface area contributed by atoms with Gasteiger partial charge in [0.1, 0.15) is 5.01 Å². The minimum absolute atomic E-state index is 0.0217. The predicted molar refractivity (Wildman–Crippen MR) is 88.5 cm³/mol. The Balaban J connectivity index is 1.93. The van der Waals surface area contributed by atoms with E-state index in [0.717, 1.165) is 40.2 Å². The molecule has 3 heterocycles. The van der Waals surface area contributed by atoms with Crippen molar-refractivity contribution in [2.24, 2.45) is 0 Å². The quantitative estimate of drug-likeness (QED) is 0.829. The summed E-state index contributed by atoms with van der Waals surface area (Å²) in [5, 5.41) is 1.06. The van der Waals surface area contributed by atoms with Crippen molar-refractivity contribution in [1.29, 1.82) is 0 Å². The Labute approximate surface area is 137 Å². The molecule has 6 heteroatoms. The molecule has 3 rings (SSSR count). The van der Waals surface area contributed by atoms with Crippen LogP contribution in [0.15, 0.2) is 16.7 Å². The molecule has 0 fully saturated rings. The SMILES string of the molecule is CO[C@@H](C)c1ncc(-c2nc3c(s2)CN(C)CC3)cc1Br. The molecule has 0 saturated heterocycles. The zero-order valence-corrected chi connectivity index (χ0v) is 14.8. The molecule has 2 aromatic heterocycles. The summed E-state index contributed by atoms with van der Waals surface area (Å²) in [4.78, 5) is 13.0. The van der Waals surface area contributed by atoms with E-state index in [-0.39, 0.29) is 6.10 Å². The number of hydrogen-bond acceptors (Lipinski definition) is 5. The first-order valence-corrected chi connectivity index (χ1v) is 8.55. The molecular weight excluding hydrogens is 350 g/mol. The summed E-state index contributed by atoms with van der Waals surface area (Å²) in [5.41, 5.74) is 3.23. The number of halogens is 1. The number of fused-ring (bicyclic) bond motifs is 1. The molecule has 0 unspecified atom stereocenters. The number of methoxy groups -OCH3 is 1. The highest BCUT2D eigenvalue weighted by molar-refractivity contribution is 9.10. The van der Waals surface area contributed by atoms with Gasteiger partial charge in [0, 0.05) is 47.7 Å². The summed E-state index contributed by atoms with van der Waals surface area (Å²) in [5.74, 6) is 0. The molecule has 0 aromatic carbocycles. The zero-order chi connectivity index (χ0) is 15.0. The lowest BCUT2D eigenvalue weighted by Gasteiger charge is -2.20. The first kappa shape index (κ1) is 15.1. The summed E-state index contributed by atoms with van der Waals surface area (Å²) in [7, 11) is 3.85. The third-order valence-electron chi connectivity index (χ3n) is 3.78. The molecule has 112 valence electrons. The summed E-state index contributed by atoms with van der Waals surface area (Å²) in [6.45, 7) is 4.08. The Kier molecular flexibility index (Phi) is 4.40. The maximum Gasteiger partial charge on any atom is 0.125 e. The smallest absolute Gasteiger partial charge is 0.125 e. The van der Waals surface area contributed by atoms with Crippen LogP contribution in [0.1, 0.15) is 29.3 Å². The molecule has 0 amide bonds. The summed E-state index contributed by atoms with van der Waals surface area (Å²) in [6, 6.07) is 2.09. The Hall–Kier alpha value is -0.820. The molecule has 0 N–H and O–H groups in total. The van der Waals surface area contributed by atoms with Gasteiger partial charge in [-0.2, -0.15) is 0 Å². The van der Waals surface area contributed by atoms with Crippen molar-refractivity contribution in [1.82, 2.24) is 14.9 Å². The van der Waals surface area contributed by atoms with Crippen LogP contribution in [0, 0.1) is 0 Å². The number of ether oxygens (including phenoxy) is 1. The number of likely N-dealkylation sites (N-methyl/N-ethyl adjacent to an activating group) is 1. The van der Waals surface area contributed by atoms with Gasteiger partial charge in [-0.05, 0) is 36.0 Å². The van der Waals surface area contributed by atoms with Crippen LogP contribution in [-0.2, 0) is 17.7 Å². The van der Waals surface area contributed by atoms with Crippen LogP contribution in [-0.4, -0.2) is 35.6 Å². The Morgan fingerprint density at radius 1 is 1.48 bits per heavy atom. The lowest BCUT2D eigenvalue weighted by Crippen LogP contribution is -2.25. The van der Waals surface area contributed by atoms with E-state index >= 15 is 0 Å². The van der Waals surface area contributed by atoms with Crippen LogP contribution in [0.25, 0.3) is 10.6 Å². The van der Waals surface area contributed by atoms with Gasteiger partial charge in [0.2, 0.25) is 0 Å². The van der Waals surface area contributed by atoms with Gasteiger partial charge in [0.05, 0.1) is 17.5 Å². The molecule has 1 atom stereocenters. The number of aromatic nitrogens is 2. The van der Waals surface area contributed by atoms with Crippen LogP contribution in [0.2, 0.25) is 0 Å². The van der Waals surface area contributed by atoms with Gasteiger partial charge < -0.3 is 9.64 Å². The highest BCUT2D eigenvalue weighted by Gasteiger charge is 2.20. The van der Waals surface area contributed by atoms with E-state index in [9.17, 15) is 0 Å². The minimum Gasteiger partial charge on any atom is -0.375 e. The van der Waals surface area contributed by atoms with E-state index in [1.54, 1.807) is 18.4 Å². The van der Waals surface area contributed by atoms with Crippen molar-refractivity contribution in [3.8, 4) is 10.6 Å².